The molecule has 16 heavy (non-hydrogen) atoms. The van der Waals surface area contributed by atoms with Crippen LogP contribution in [-0.2, 0) is 0 Å². The van der Waals surface area contributed by atoms with E-state index < -0.39 is 0 Å². The van der Waals surface area contributed by atoms with Gasteiger partial charge in [0.05, 0.1) is 11.1 Å². The van der Waals surface area contributed by atoms with E-state index in [4.69, 9.17) is 0 Å². The van der Waals surface area contributed by atoms with Crippen molar-refractivity contribution < 1.29 is 0 Å². The lowest BCUT2D eigenvalue weighted by molar-refractivity contribution is 1.08. The maximum absolute atomic E-state index is 4.36. The Morgan fingerprint density at radius 1 is 1.25 bits per heavy atom. The van der Waals surface area contributed by atoms with E-state index >= 15 is 0 Å². The van der Waals surface area contributed by atoms with Gasteiger partial charge in [-0.05, 0) is 11.4 Å². The predicted octanol–water partition coefficient (Wildman–Crippen LogP) is 1.99. The second-order valence-corrected chi connectivity index (χ2v) is 4.02. The molecule has 3 aromatic rings. The standard InChI is InChI=1S/C10H7N5S/c1-2-8(16-5-1)10-13-9(14-15-10)7-6-11-3-4-12-7/h1-6H,(H,13,14,15). The van der Waals surface area contributed by atoms with E-state index in [0.717, 1.165) is 10.7 Å². The molecule has 3 aromatic heterocycles. The monoisotopic (exact) mass is 229 g/mol. The molecule has 1 N–H and O–H groups in total. The van der Waals surface area contributed by atoms with Crippen LogP contribution in [0, 0.1) is 0 Å². The van der Waals surface area contributed by atoms with Gasteiger partial charge < -0.3 is 0 Å². The first-order valence-corrected chi connectivity index (χ1v) is 5.54. The molecule has 0 fully saturated rings. The number of rotatable bonds is 2. The zero-order chi connectivity index (χ0) is 10.8. The quantitative estimate of drug-likeness (QED) is 0.729. The van der Waals surface area contributed by atoms with Crippen LogP contribution in [0.5, 0.6) is 0 Å². The minimum atomic E-state index is 0.566. The lowest BCUT2D eigenvalue weighted by atomic mass is 10.4. The highest BCUT2D eigenvalue weighted by Crippen LogP contribution is 2.22. The van der Waals surface area contributed by atoms with Crippen molar-refractivity contribution in [1.29, 1.82) is 0 Å². The van der Waals surface area contributed by atoms with Gasteiger partial charge in [-0.15, -0.1) is 11.3 Å². The Morgan fingerprint density at radius 3 is 3.00 bits per heavy atom. The number of hydrogen-bond acceptors (Lipinski definition) is 5. The van der Waals surface area contributed by atoms with Gasteiger partial charge in [-0.2, -0.15) is 5.10 Å². The van der Waals surface area contributed by atoms with Crippen LogP contribution in [-0.4, -0.2) is 25.1 Å². The molecule has 0 radical (unpaired) electrons. The minimum absolute atomic E-state index is 0.566. The maximum atomic E-state index is 4.36. The average molecular weight is 229 g/mol. The largest absolute Gasteiger partial charge is 0.261 e. The molecule has 3 rings (SSSR count). The number of thiophene rings is 1. The number of aromatic amines is 1. The Hall–Kier alpha value is -2.08. The van der Waals surface area contributed by atoms with Crippen LogP contribution in [0.3, 0.4) is 0 Å². The second-order valence-electron chi connectivity index (χ2n) is 3.08. The Balaban J connectivity index is 2.00. The highest BCUT2D eigenvalue weighted by Gasteiger charge is 2.08. The van der Waals surface area contributed by atoms with Crippen molar-refractivity contribution in [3.8, 4) is 22.2 Å². The summed E-state index contributed by atoms with van der Waals surface area (Å²) in [6, 6.07) is 3.97. The Morgan fingerprint density at radius 2 is 2.25 bits per heavy atom. The molecule has 0 atom stereocenters. The topological polar surface area (TPSA) is 67.3 Å². The zero-order valence-corrected chi connectivity index (χ0v) is 8.98. The van der Waals surface area contributed by atoms with Crippen LogP contribution < -0.4 is 0 Å². The van der Waals surface area contributed by atoms with Crippen LogP contribution in [0.1, 0.15) is 0 Å². The number of nitrogens with one attached hydrogen (secondary N) is 1. The number of H-pyrrole nitrogens is 1. The minimum Gasteiger partial charge on any atom is -0.261 e. The van der Waals surface area contributed by atoms with E-state index in [9.17, 15) is 0 Å². The molecular formula is C10H7N5S. The van der Waals surface area contributed by atoms with E-state index in [2.05, 4.69) is 25.1 Å². The third-order valence-electron chi connectivity index (χ3n) is 2.03. The van der Waals surface area contributed by atoms with Crippen LogP contribution >= 0.6 is 11.3 Å². The van der Waals surface area contributed by atoms with Gasteiger partial charge in [-0.1, -0.05) is 6.07 Å². The Bertz CT molecular complexity index is 572. The molecule has 3 heterocycles. The normalized spacial score (nSPS) is 10.5. The zero-order valence-electron chi connectivity index (χ0n) is 8.16. The smallest absolute Gasteiger partial charge is 0.201 e. The fraction of sp³-hybridized carbons (Fsp3) is 0. The molecule has 5 nitrogen and oxygen atoms in total. The summed E-state index contributed by atoms with van der Waals surface area (Å²) >= 11 is 1.61. The molecule has 0 aliphatic rings. The van der Waals surface area contributed by atoms with Gasteiger partial charge in [-0.25, -0.2) is 9.97 Å². The molecular weight excluding hydrogens is 222 g/mol. The van der Waals surface area contributed by atoms with Gasteiger partial charge in [0.1, 0.15) is 5.69 Å². The molecule has 0 aliphatic heterocycles. The van der Waals surface area contributed by atoms with Gasteiger partial charge >= 0.3 is 0 Å². The number of nitrogens with zero attached hydrogens (tertiary/aromatic N) is 4. The molecule has 0 amide bonds. The van der Waals surface area contributed by atoms with Crippen molar-refractivity contribution in [3.05, 3.63) is 36.1 Å². The average Bonchev–Trinajstić information content (AvgIpc) is 3.01. The van der Waals surface area contributed by atoms with E-state index in [1.54, 1.807) is 29.9 Å². The molecule has 0 bridgehead atoms. The molecule has 0 unspecified atom stereocenters. The first-order valence-electron chi connectivity index (χ1n) is 4.66. The van der Waals surface area contributed by atoms with Crippen molar-refractivity contribution in [2.45, 2.75) is 0 Å². The van der Waals surface area contributed by atoms with Crippen molar-refractivity contribution in [2.75, 3.05) is 0 Å². The maximum Gasteiger partial charge on any atom is 0.201 e. The first-order chi connectivity index (χ1) is 7.93. The van der Waals surface area contributed by atoms with E-state index in [0.29, 0.717) is 11.5 Å². The molecule has 0 spiro atoms. The highest BCUT2D eigenvalue weighted by molar-refractivity contribution is 7.13. The van der Waals surface area contributed by atoms with Gasteiger partial charge in [0.25, 0.3) is 0 Å². The summed E-state index contributed by atoms with van der Waals surface area (Å²) in [6.45, 7) is 0. The summed E-state index contributed by atoms with van der Waals surface area (Å²) in [5.74, 6) is 1.33. The van der Waals surface area contributed by atoms with Gasteiger partial charge in [0.15, 0.2) is 5.82 Å². The molecule has 0 aromatic carbocycles. The summed E-state index contributed by atoms with van der Waals surface area (Å²) in [7, 11) is 0. The third kappa shape index (κ3) is 1.59. The third-order valence-corrected chi connectivity index (χ3v) is 2.91. The fourth-order valence-corrected chi connectivity index (χ4v) is 1.98. The van der Waals surface area contributed by atoms with Gasteiger partial charge in [0.2, 0.25) is 5.82 Å². The predicted molar refractivity (Wildman–Crippen MR) is 60.7 cm³/mol. The van der Waals surface area contributed by atoms with E-state index in [1.807, 2.05) is 17.5 Å². The van der Waals surface area contributed by atoms with Gasteiger partial charge in [0, 0.05) is 12.4 Å². The summed E-state index contributed by atoms with van der Waals surface area (Å²) in [6.07, 6.45) is 4.88. The Labute approximate surface area is 95.2 Å². The summed E-state index contributed by atoms with van der Waals surface area (Å²) in [5, 5.41) is 9.00. The molecule has 0 aliphatic carbocycles. The van der Waals surface area contributed by atoms with Crippen molar-refractivity contribution in [2.24, 2.45) is 0 Å². The van der Waals surface area contributed by atoms with Crippen LogP contribution in [0.2, 0.25) is 0 Å². The lowest BCUT2D eigenvalue weighted by Gasteiger charge is -1.90. The summed E-state index contributed by atoms with van der Waals surface area (Å²) < 4.78 is 0. The van der Waals surface area contributed by atoms with Crippen LogP contribution in [0.4, 0.5) is 0 Å². The molecule has 78 valence electrons. The fourth-order valence-electron chi connectivity index (χ4n) is 1.31. The lowest BCUT2D eigenvalue weighted by Crippen LogP contribution is -1.85. The second kappa shape index (κ2) is 3.82. The van der Waals surface area contributed by atoms with Crippen LogP contribution in [0.15, 0.2) is 36.1 Å². The highest BCUT2D eigenvalue weighted by atomic mass is 32.1. The van der Waals surface area contributed by atoms with E-state index in [-0.39, 0.29) is 0 Å². The summed E-state index contributed by atoms with van der Waals surface area (Å²) in [5.41, 5.74) is 0.668. The van der Waals surface area contributed by atoms with Crippen LogP contribution in [0.25, 0.3) is 22.2 Å². The van der Waals surface area contributed by atoms with E-state index in [1.165, 1.54) is 0 Å². The molecule has 0 saturated carbocycles. The first kappa shape index (κ1) is 9.17. The van der Waals surface area contributed by atoms with Crippen molar-refractivity contribution in [3.63, 3.8) is 0 Å². The van der Waals surface area contributed by atoms with Gasteiger partial charge in [-0.3, -0.25) is 10.1 Å². The number of aromatic nitrogens is 5. The summed E-state index contributed by atoms with van der Waals surface area (Å²) in [4.78, 5) is 13.5. The van der Waals surface area contributed by atoms with Crippen molar-refractivity contribution in [1.82, 2.24) is 25.1 Å². The SMILES string of the molecule is c1csc(-c2nc(-c3cnccn3)n[nH]2)c1. The number of hydrogen-bond donors (Lipinski definition) is 1. The van der Waals surface area contributed by atoms with Crippen molar-refractivity contribution >= 4 is 11.3 Å². The molecule has 0 saturated heterocycles. The Kier molecular flexibility index (Phi) is 2.19. The molecule has 6 heteroatoms.